The van der Waals surface area contributed by atoms with Gasteiger partial charge in [-0.1, -0.05) is 36.4 Å². The molecule has 1 heterocycles. The van der Waals surface area contributed by atoms with Crippen LogP contribution in [0.15, 0.2) is 47.4 Å². The Labute approximate surface area is 112 Å². The Hall–Kier alpha value is -1.43. The molecule has 1 fully saturated rings. The Kier molecular flexibility index (Phi) is 3.05. The minimum Gasteiger partial charge on any atom is -0.326 e. The van der Waals surface area contributed by atoms with Gasteiger partial charge in [-0.2, -0.15) is 4.31 Å². The van der Waals surface area contributed by atoms with Crippen LogP contribution in [0.5, 0.6) is 0 Å². The fourth-order valence-electron chi connectivity index (χ4n) is 2.53. The molecular formula is C14H16N2O2S. The van der Waals surface area contributed by atoms with Crippen LogP contribution in [0.2, 0.25) is 0 Å². The predicted molar refractivity (Wildman–Crippen MR) is 75.3 cm³/mol. The van der Waals surface area contributed by atoms with E-state index in [4.69, 9.17) is 5.73 Å². The van der Waals surface area contributed by atoms with E-state index in [1.54, 1.807) is 12.1 Å². The molecule has 100 valence electrons. The molecule has 1 aliphatic rings. The molecule has 19 heavy (non-hydrogen) atoms. The number of sulfonamides is 1. The van der Waals surface area contributed by atoms with Gasteiger partial charge in [0.25, 0.3) is 0 Å². The number of nitrogens with two attached hydrogens (primary N) is 1. The standard InChI is InChI=1S/C14H16N2O2S/c15-12-8-9-16(10-12)19(17,18)14-7-3-5-11-4-1-2-6-13(11)14/h1-7,12H,8-10,15H2/t12-/m0/s1. The summed E-state index contributed by atoms with van der Waals surface area (Å²) in [5, 5.41) is 1.71. The molecule has 2 aromatic carbocycles. The van der Waals surface area contributed by atoms with Crippen molar-refractivity contribution < 1.29 is 8.42 Å². The summed E-state index contributed by atoms with van der Waals surface area (Å²) in [5.74, 6) is 0. The van der Waals surface area contributed by atoms with Gasteiger partial charge < -0.3 is 5.73 Å². The maximum atomic E-state index is 12.7. The molecule has 5 heteroatoms. The lowest BCUT2D eigenvalue weighted by Crippen LogP contribution is -2.32. The highest BCUT2D eigenvalue weighted by molar-refractivity contribution is 7.89. The molecule has 4 nitrogen and oxygen atoms in total. The highest BCUT2D eigenvalue weighted by Crippen LogP contribution is 2.27. The van der Waals surface area contributed by atoms with Crippen molar-refractivity contribution >= 4 is 20.8 Å². The van der Waals surface area contributed by atoms with Crippen LogP contribution in [0.4, 0.5) is 0 Å². The molecule has 1 aliphatic heterocycles. The Morgan fingerprint density at radius 2 is 1.84 bits per heavy atom. The largest absolute Gasteiger partial charge is 0.326 e. The Morgan fingerprint density at radius 3 is 2.58 bits per heavy atom. The molecule has 2 aromatic rings. The second kappa shape index (κ2) is 4.59. The summed E-state index contributed by atoms with van der Waals surface area (Å²) in [4.78, 5) is 0.375. The fraction of sp³-hybridized carbons (Fsp3) is 0.286. The molecule has 0 radical (unpaired) electrons. The van der Waals surface area contributed by atoms with E-state index in [1.165, 1.54) is 4.31 Å². The monoisotopic (exact) mass is 276 g/mol. The first-order chi connectivity index (χ1) is 9.09. The lowest BCUT2D eigenvalue weighted by atomic mass is 10.1. The SMILES string of the molecule is N[C@H]1CCN(S(=O)(=O)c2cccc3ccccc23)C1. The zero-order chi connectivity index (χ0) is 13.5. The lowest BCUT2D eigenvalue weighted by molar-refractivity contribution is 0.473. The molecular weight excluding hydrogens is 260 g/mol. The first-order valence-electron chi connectivity index (χ1n) is 6.32. The van der Waals surface area contributed by atoms with E-state index in [2.05, 4.69) is 0 Å². The first kappa shape index (κ1) is 12.6. The van der Waals surface area contributed by atoms with Gasteiger partial charge in [0.2, 0.25) is 10.0 Å². The van der Waals surface area contributed by atoms with Crippen LogP contribution in [0.3, 0.4) is 0 Å². The minimum atomic E-state index is -3.44. The predicted octanol–water partition coefficient (Wildman–Crippen LogP) is 1.56. The van der Waals surface area contributed by atoms with Crippen molar-refractivity contribution in [2.45, 2.75) is 17.4 Å². The molecule has 1 atom stereocenters. The first-order valence-corrected chi connectivity index (χ1v) is 7.76. The molecule has 0 saturated carbocycles. The van der Waals surface area contributed by atoms with E-state index in [0.717, 1.165) is 17.2 Å². The Morgan fingerprint density at radius 1 is 1.11 bits per heavy atom. The lowest BCUT2D eigenvalue weighted by Gasteiger charge is -2.17. The zero-order valence-electron chi connectivity index (χ0n) is 10.5. The highest BCUT2D eigenvalue weighted by Gasteiger charge is 2.31. The zero-order valence-corrected chi connectivity index (χ0v) is 11.3. The van der Waals surface area contributed by atoms with E-state index >= 15 is 0 Å². The van der Waals surface area contributed by atoms with Crippen molar-refractivity contribution in [2.75, 3.05) is 13.1 Å². The maximum Gasteiger partial charge on any atom is 0.243 e. The van der Waals surface area contributed by atoms with Crippen LogP contribution in [-0.4, -0.2) is 31.9 Å². The molecule has 1 saturated heterocycles. The normalized spacial score (nSPS) is 21.0. The number of fused-ring (bicyclic) bond motifs is 1. The van der Waals surface area contributed by atoms with E-state index in [-0.39, 0.29) is 6.04 Å². The molecule has 0 unspecified atom stereocenters. The van der Waals surface area contributed by atoms with Crippen molar-refractivity contribution in [1.82, 2.24) is 4.31 Å². The van der Waals surface area contributed by atoms with Gasteiger partial charge in [-0.15, -0.1) is 0 Å². The summed E-state index contributed by atoms with van der Waals surface area (Å²) in [6.07, 6.45) is 0.726. The number of rotatable bonds is 2. The second-order valence-electron chi connectivity index (χ2n) is 4.89. The van der Waals surface area contributed by atoms with Crippen molar-refractivity contribution in [2.24, 2.45) is 5.73 Å². The van der Waals surface area contributed by atoms with Gasteiger partial charge >= 0.3 is 0 Å². The van der Waals surface area contributed by atoms with Gasteiger partial charge in [-0.05, 0) is 17.9 Å². The summed E-state index contributed by atoms with van der Waals surface area (Å²) in [6.45, 7) is 0.915. The molecule has 0 spiro atoms. The minimum absolute atomic E-state index is 0.0512. The summed E-state index contributed by atoms with van der Waals surface area (Å²) in [6, 6.07) is 12.9. The van der Waals surface area contributed by atoms with E-state index < -0.39 is 10.0 Å². The maximum absolute atomic E-state index is 12.7. The number of nitrogens with zero attached hydrogens (tertiary/aromatic N) is 1. The summed E-state index contributed by atoms with van der Waals surface area (Å²) < 4.78 is 26.8. The van der Waals surface area contributed by atoms with Crippen LogP contribution >= 0.6 is 0 Å². The van der Waals surface area contributed by atoms with Gasteiger partial charge in [-0.25, -0.2) is 8.42 Å². The number of benzene rings is 2. The average molecular weight is 276 g/mol. The quantitative estimate of drug-likeness (QED) is 0.905. The van der Waals surface area contributed by atoms with Crippen LogP contribution < -0.4 is 5.73 Å². The number of hydrogen-bond donors (Lipinski definition) is 1. The third-order valence-corrected chi connectivity index (χ3v) is 5.48. The molecule has 0 amide bonds. The van der Waals surface area contributed by atoms with Crippen LogP contribution in [-0.2, 0) is 10.0 Å². The van der Waals surface area contributed by atoms with Crippen molar-refractivity contribution in [1.29, 1.82) is 0 Å². The smallest absolute Gasteiger partial charge is 0.243 e. The van der Waals surface area contributed by atoms with Gasteiger partial charge in [0, 0.05) is 24.5 Å². The molecule has 0 aliphatic carbocycles. The topological polar surface area (TPSA) is 63.4 Å². The highest BCUT2D eigenvalue weighted by atomic mass is 32.2. The van der Waals surface area contributed by atoms with E-state index in [9.17, 15) is 8.42 Å². The van der Waals surface area contributed by atoms with Crippen LogP contribution in [0.1, 0.15) is 6.42 Å². The second-order valence-corrected chi connectivity index (χ2v) is 6.80. The molecule has 0 aromatic heterocycles. The van der Waals surface area contributed by atoms with E-state index in [0.29, 0.717) is 18.0 Å². The van der Waals surface area contributed by atoms with Crippen LogP contribution in [0.25, 0.3) is 10.8 Å². The van der Waals surface area contributed by atoms with Crippen molar-refractivity contribution in [3.8, 4) is 0 Å². The van der Waals surface area contributed by atoms with Gasteiger partial charge in [-0.3, -0.25) is 0 Å². The fourth-order valence-corrected chi connectivity index (χ4v) is 4.26. The van der Waals surface area contributed by atoms with Crippen molar-refractivity contribution in [3.05, 3.63) is 42.5 Å². The summed E-state index contributed by atoms with van der Waals surface area (Å²) in [7, 11) is -3.44. The van der Waals surface area contributed by atoms with Gasteiger partial charge in [0.15, 0.2) is 0 Å². The Balaban J connectivity index is 2.14. The van der Waals surface area contributed by atoms with Gasteiger partial charge in [0.1, 0.15) is 0 Å². The molecule has 3 rings (SSSR count). The summed E-state index contributed by atoms with van der Waals surface area (Å²) >= 11 is 0. The third-order valence-electron chi connectivity index (χ3n) is 3.55. The average Bonchev–Trinajstić information content (AvgIpc) is 2.85. The van der Waals surface area contributed by atoms with Crippen LogP contribution in [0, 0.1) is 0 Å². The molecule has 0 bridgehead atoms. The molecule has 2 N–H and O–H groups in total. The van der Waals surface area contributed by atoms with E-state index in [1.807, 2.05) is 30.3 Å². The number of hydrogen-bond acceptors (Lipinski definition) is 3. The van der Waals surface area contributed by atoms with Gasteiger partial charge in [0.05, 0.1) is 4.90 Å². The Bertz CT molecular complexity index is 707. The third kappa shape index (κ3) is 2.14. The summed E-state index contributed by atoms with van der Waals surface area (Å²) in [5.41, 5.74) is 5.81. The van der Waals surface area contributed by atoms with Crippen molar-refractivity contribution in [3.63, 3.8) is 0 Å².